The number of hydrogen-bond donors (Lipinski definition) is 0. The first kappa shape index (κ1) is 8.66. The fourth-order valence-corrected chi connectivity index (χ4v) is 1.63. The standard InChI is InChI=1S/C10H11FO2/c1-6-8-4-3-7(11)5-9(8)10(12-2)13-6/h3-6,10H,1-2H3. The Bertz CT molecular complexity index is 325. The van der Waals surface area contributed by atoms with Crippen LogP contribution in [0.25, 0.3) is 0 Å². The van der Waals surface area contributed by atoms with Crippen LogP contribution >= 0.6 is 0 Å². The molecular weight excluding hydrogens is 171 g/mol. The number of hydrogen-bond acceptors (Lipinski definition) is 2. The Morgan fingerprint density at radius 1 is 1.38 bits per heavy atom. The normalized spacial score (nSPS) is 26.1. The minimum atomic E-state index is -0.416. The van der Waals surface area contributed by atoms with E-state index < -0.39 is 6.29 Å². The lowest BCUT2D eigenvalue weighted by Gasteiger charge is -2.08. The van der Waals surface area contributed by atoms with Crippen molar-refractivity contribution < 1.29 is 13.9 Å². The predicted molar refractivity (Wildman–Crippen MR) is 45.7 cm³/mol. The summed E-state index contributed by atoms with van der Waals surface area (Å²) >= 11 is 0. The van der Waals surface area contributed by atoms with Gasteiger partial charge in [-0.1, -0.05) is 6.07 Å². The Morgan fingerprint density at radius 3 is 2.85 bits per heavy atom. The van der Waals surface area contributed by atoms with Crippen LogP contribution < -0.4 is 0 Å². The topological polar surface area (TPSA) is 18.5 Å². The summed E-state index contributed by atoms with van der Waals surface area (Å²) in [6, 6.07) is 4.65. The predicted octanol–water partition coefficient (Wildman–Crippen LogP) is 2.56. The molecule has 0 spiro atoms. The van der Waals surface area contributed by atoms with E-state index in [4.69, 9.17) is 9.47 Å². The van der Waals surface area contributed by atoms with Crippen molar-refractivity contribution in [2.24, 2.45) is 0 Å². The van der Waals surface area contributed by atoms with Crippen LogP contribution in [0.4, 0.5) is 4.39 Å². The van der Waals surface area contributed by atoms with Gasteiger partial charge in [-0.3, -0.25) is 0 Å². The van der Waals surface area contributed by atoms with Crippen molar-refractivity contribution in [3.05, 3.63) is 35.1 Å². The van der Waals surface area contributed by atoms with Gasteiger partial charge >= 0.3 is 0 Å². The molecule has 0 aliphatic carbocycles. The molecule has 1 heterocycles. The highest BCUT2D eigenvalue weighted by molar-refractivity contribution is 5.33. The zero-order chi connectivity index (χ0) is 9.42. The van der Waals surface area contributed by atoms with E-state index >= 15 is 0 Å². The summed E-state index contributed by atoms with van der Waals surface area (Å²) in [7, 11) is 1.55. The highest BCUT2D eigenvalue weighted by Gasteiger charge is 2.28. The van der Waals surface area contributed by atoms with Crippen LogP contribution in [0.2, 0.25) is 0 Å². The van der Waals surface area contributed by atoms with Gasteiger partial charge in [-0.05, 0) is 24.6 Å². The molecule has 1 aliphatic rings. The quantitative estimate of drug-likeness (QED) is 0.664. The van der Waals surface area contributed by atoms with Gasteiger partial charge in [-0.25, -0.2) is 4.39 Å². The molecule has 13 heavy (non-hydrogen) atoms. The molecule has 2 nitrogen and oxygen atoms in total. The van der Waals surface area contributed by atoms with Crippen molar-refractivity contribution in [1.82, 2.24) is 0 Å². The average molecular weight is 182 g/mol. The Labute approximate surface area is 76.3 Å². The maximum absolute atomic E-state index is 12.9. The van der Waals surface area contributed by atoms with Crippen molar-refractivity contribution in [3.63, 3.8) is 0 Å². The van der Waals surface area contributed by atoms with Gasteiger partial charge in [-0.2, -0.15) is 0 Å². The number of benzene rings is 1. The fourth-order valence-electron chi connectivity index (χ4n) is 1.63. The summed E-state index contributed by atoms with van der Waals surface area (Å²) in [5.41, 5.74) is 1.81. The molecule has 0 amide bonds. The minimum Gasteiger partial charge on any atom is -0.352 e. The summed E-state index contributed by atoms with van der Waals surface area (Å²) in [6.07, 6.45) is -0.429. The van der Waals surface area contributed by atoms with Gasteiger partial charge < -0.3 is 9.47 Å². The van der Waals surface area contributed by atoms with Gasteiger partial charge in [-0.15, -0.1) is 0 Å². The molecular formula is C10H11FO2. The molecule has 0 saturated heterocycles. The summed E-state index contributed by atoms with van der Waals surface area (Å²) in [4.78, 5) is 0. The zero-order valence-corrected chi connectivity index (χ0v) is 7.58. The molecule has 3 heteroatoms. The van der Waals surface area contributed by atoms with Gasteiger partial charge in [0.25, 0.3) is 0 Å². The highest BCUT2D eigenvalue weighted by atomic mass is 19.1. The smallest absolute Gasteiger partial charge is 0.184 e. The molecule has 0 radical (unpaired) electrons. The number of methoxy groups -OCH3 is 1. The molecule has 2 atom stereocenters. The van der Waals surface area contributed by atoms with Gasteiger partial charge in [0.2, 0.25) is 0 Å². The van der Waals surface area contributed by atoms with Crippen molar-refractivity contribution in [1.29, 1.82) is 0 Å². The van der Waals surface area contributed by atoms with Gasteiger partial charge in [0.05, 0.1) is 6.10 Å². The molecule has 0 bridgehead atoms. The molecule has 1 aliphatic heterocycles. The van der Waals surface area contributed by atoms with E-state index in [1.54, 1.807) is 13.2 Å². The van der Waals surface area contributed by atoms with Crippen LogP contribution in [-0.2, 0) is 9.47 Å². The van der Waals surface area contributed by atoms with Crippen LogP contribution in [0.15, 0.2) is 18.2 Å². The highest BCUT2D eigenvalue weighted by Crippen LogP contribution is 2.38. The maximum atomic E-state index is 12.9. The molecule has 2 rings (SSSR count). The monoisotopic (exact) mass is 182 g/mol. The second-order valence-electron chi connectivity index (χ2n) is 3.12. The molecule has 0 fully saturated rings. The first-order valence-corrected chi connectivity index (χ1v) is 4.20. The zero-order valence-electron chi connectivity index (χ0n) is 7.58. The average Bonchev–Trinajstić information content (AvgIpc) is 2.42. The third-order valence-corrected chi connectivity index (χ3v) is 2.28. The van der Waals surface area contributed by atoms with E-state index in [0.29, 0.717) is 0 Å². The first-order valence-electron chi connectivity index (χ1n) is 4.20. The summed E-state index contributed by atoms with van der Waals surface area (Å²) in [5.74, 6) is -0.251. The van der Waals surface area contributed by atoms with Gasteiger partial charge in [0.1, 0.15) is 5.82 Å². The Morgan fingerprint density at radius 2 is 2.15 bits per heavy atom. The minimum absolute atomic E-state index is 0.0134. The third-order valence-electron chi connectivity index (χ3n) is 2.28. The van der Waals surface area contributed by atoms with Gasteiger partial charge in [0.15, 0.2) is 6.29 Å². The Hall–Kier alpha value is -0.930. The fraction of sp³-hybridized carbons (Fsp3) is 0.400. The molecule has 0 saturated carbocycles. The maximum Gasteiger partial charge on any atom is 0.184 e. The van der Waals surface area contributed by atoms with E-state index in [9.17, 15) is 4.39 Å². The van der Waals surface area contributed by atoms with E-state index in [1.807, 2.05) is 6.92 Å². The lowest BCUT2D eigenvalue weighted by Crippen LogP contribution is -1.98. The molecule has 1 aromatic carbocycles. The van der Waals surface area contributed by atoms with E-state index in [2.05, 4.69) is 0 Å². The van der Waals surface area contributed by atoms with Crippen LogP contribution in [0.5, 0.6) is 0 Å². The molecule has 1 aromatic rings. The van der Waals surface area contributed by atoms with Crippen LogP contribution in [-0.4, -0.2) is 7.11 Å². The first-order chi connectivity index (χ1) is 6.22. The number of halogens is 1. The van der Waals surface area contributed by atoms with Crippen LogP contribution in [0.3, 0.4) is 0 Å². The van der Waals surface area contributed by atoms with E-state index in [1.165, 1.54) is 12.1 Å². The molecule has 2 unspecified atom stereocenters. The summed E-state index contributed by atoms with van der Waals surface area (Å²) in [6.45, 7) is 1.93. The summed E-state index contributed by atoms with van der Waals surface area (Å²) < 4.78 is 23.4. The lowest BCUT2D eigenvalue weighted by atomic mass is 10.1. The number of fused-ring (bicyclic) bond motifs is 1. The molecule has 0 aromatic heterocycles. The van der Waals surface area contributed by atoms with E-state index in [0.717, 1.165) is 11.1 Å². The second-order valence-corrected chi connectivity index (χ2v) is 3.12. The number of rotatable bonds is 1. The van der Waals surface area contributed by atoms with E-state index in [-0.39, 0.29) is 11.9 Å². The van der Waals surface area contributed by atoms with Gasteiger partial charge in [0, 0.05) is 12.7 Å². The Balaban J connectivity index is 2.46. The summed E-state index contributed by atoms with van der Waals surface area (Å²) in [5, 5.41) is 0. The third kappa shape index (κ3) is 1.34. The van der Waals surface area contributed by atoms with Crippen molar-refractivity contribution in [2.45, 2.75) is 19.3 Å². The molecule has 0 N–H and O–H groups in total. The van der Waals surface area contributed by atoms with Crippen molar-refractivity contribution in [2.75, 3.05) is 7.11 Å². The SMILES string of the molecule is COC1OC(C)c2ccc(F)cc21. The van der Waals surface area contributed by atoms with Crippen molar-refractivity contribution >= 4 is 0 Å². The van der Waals surface area contributed by atoms with Crippen LogP contribution in [0.1, 0.15) is 30.4 Å². The van der Waals surface area contributed by atoms with Crippen molar-refractivity contribution in [3.8, 4) is 0 Å². The second kappa shape index (κ2) is 3.09. The van der Waals surface area contributed by atoms with Crippen LogP contribution in [0, 0.1) is 5.82 Å². The molecule has 70 valence electrons. The lowest BCUT2D eigenvalue weighted by molar-refractivity contribution is -0.137. The number of ether oxygens (including phenoxy) is 2. The Kier molecular flexibility index (Phi) is 2.06. The largest absolute Gasteiger partial charge is 0.352 e.